The van der Waals surface area contributed by atoms with Gasteiger partial charge in [0.15, 0.2) is 18.1 Å². The van der Waals surface area contributed by atoms with Crippen LogP contribution in [0.5, 0.6) is 17.2 Å². The van der Waals surface area contributed by atoms with Crippen LogP contribution < -0.4 is 19.5 Å². The van der Waals surface area contributed by atoms with Crippen molar-refractivity contribution in [1.82, 2.24) is 0 Å². The van der Waals surface area contributed by atoms with Crippen LogP contribution in [0, 0.1) is 0 Å². The molecule has 31 heavy (non-hydrogen) atoms. The summed E-state index contributed by atoms with van der Waals surface area (Å²) in [6.07, 6.45) is 3.30. The summed E-state index contributed by atoms with van der Waals surface area (Å²) in [5, 5.41) is 2.69. The summed E-state index contributed by atoms with van der Waals surface area (Å²) in [6, 6.07) is 8.93. The van der Waals surface area contributed by atoms with E-state index in [2.05, 4.69) is 10.1 Å². The van der Waals surface area contributed by atoms with Gasteiger partial charge in [0.25, 0.3) is 5.91 Å². The van der Waals surface area contributed by atoms with E-state index in [9.17, 15) is 18.4 Å². The Balaban J connectivity index is 1.55. The molecule has 1 heterocycles. The van der Waals surface area contributed by atoms with Gasteiger partial charge in [0.2, 0.25) is 0 Å². The van der Waals surface area contributed by atoms with Gasteiger partial charge in [-0.1, -0.05) is 23.7 Å². The number of amides is 1. The van der Waals surface area contributed by atoms with E-state index in [1.165, 1.54) is 30.3 Å². The van der Waals surface area contributed by atoms with Crippen LogP contribution in [0.15, 0.2) is 42.5 Å². The normalized spacial score (nSPS) is 13.0. The second kappa shape index (κ2) is 10.6. The number of esters is 1. The number of fused-ring (bicyclic) bond motifs is 1. The highest BCUT2D eigenvalue weighted by molar-refractivity contribution is 6.32. The summed E-state index contributed by atoms with van der Waals surface area (Å²) >= 11 is 6.19. The molecular weight excluding hydrogens is 436 g/mol. The zero-order valence-electron chi connectivity index (χ0n) is 16.1. The fourth-order valence-corrected chi connectivity index (χ4v) is 2.92. The second-order valence-electron chi connectivity index (χ2n) is 6.24. The first kappa shape index (κ1) is 22.4. The van der Waals surface area contributed by atoms with Crippen molar-refractivity contribution in [3.05, 3.63) is 53.1 Å². The molecule has 2 aromatic rings. The molecule has 0 atom stereocenters. The topological polar surface area (TPSA) is 83.1 Å². The number of carbonyl (C=O) groups excluding carboxylic acids is 2. The van der Waals surface area contributed by atoms with Crippen LogP contribution in [-0.2, 0) is 14.3 Å². The second-order valence-corrected chi connectivity index (χ2v) is 6.65. The Morgan fingerprint density at radius 2 is 1.97 bits per heavy atom. The number of rotatable bonds is 7. The monoisotopic (exact) mass is 453 g/mol. The van der Waals surface area contributed by atoms with E-state index in [4.69, 9.17) is 25.8 Å². The van der Waals surface area contributed by atoms with Crippen LogP contribution in [0.25, 0.3) is 6.08 Å². The van der Waals surface area contributed by atoms with Gasteiger partial charge < -0.3 is 24.3 Å². The molecule has 1 aliphatic heterocycles. The number of hydrogen-bond donors (Lipinski definition) is 1. The third kappa shape index (κ3) is 6.58. The van der Waals surface area contributed by atoms with Gasteiger partial charge in [-0.05, 0) is 35.9 Å². The summed E-state index contributed by atoms with van der Waals surface area (Å²) in [5.74, 6) is -0.779. The SMILES string of the molecule is O=C(COC(=O)/C=C/c1cc(Cl)c2c(c1)OCCCO2)Nc1ccccc1OC(F)F. The maximum atomic E-state index is 12.4. The Labute approximate surface area is 181 Å². The van der Waals surface area contributed by atoms with Crippen molar-refractivity contribution in [2.24, 2.45) is 0 Å². The standard InChI is InChI=1S/C21H18ClF2NO6/c22-14-10-13(11-17-20(14)29-9-3-8-28-17)6-7-19(27)30-12-18(26)25-15-4-1-2-5-16(15)31-21(23)24/h1-2,4-7,10-11,21H,3,8-9,12H2,(H,25,26)/b7-6+. The molecule has 2 aromatic carbocycles. The minimum Gasteiger partial charge on any atom is -0.489 e. The first-order valence-electron chi connectivity index (χ1n) is 9.20. The molecule has 1 aliphatic rings. The summed E-state index contributed by atoms with van der Waals surface area (Å²) < 4.78 is 45.1. The summed E-state index contributed by atoms with van der Waals surface area (Å²) in [4.78, 5) is 23.9. The quantitative estimate of drug-likeness (QED) is 0.497. The molecule has 0 aliphatic carbocycles. The van der Waals surface area contributed by atoms with Crippen molar-refractivity contribution in [3.8, 4) is 17.2 Å². The van der Waals surface area contributed by atoms with Crippen LogP contribution in [0.4, 0.5) is 14.5 Å². The van der Waals surface area contributed by atoms with Crippen molar-refractivity contribution in [2.75, 3.05) is 25.1 Å². The average molecular weight is 454 g/mol. The molecule has 0 aromatic heterocycles. The number of halogens is 3. The van der Waals surface area contributed by atoms with E-state index < -0.39 is 25.1 Å². The predicted octanol–water partition coefficient (Wildman–Crippen LogP) is 4.30. The lowest BCUT2D eigenvalue weighted by Gasteiger charge is -2.11. The number of alkyl halides is 2. The zero-order chi connectivity index (χ0) is 22.2. The average Bonchev–Trinajstić information content (AvgIpc) is 2.98. The highest BCUT2D eigenvalue weighted by Gasteiger charge is 2.15. The zero-order valence-corrected chi connectivity index (χ0v) is 16.9. The maximum Gasteiger partial charge on any atom is 0.387 e. The van der Waals surface area contributed by atoms with Crippen LogP contribution in [0.2, 0.25) is 5.02 Å². The molecule has 3 rings (SSSR count). The minimum absolute atomic E-state index is 0.0289. The molecule has 0 unspecified atom stereocenters. The molecule has 0 spiro atoms. The molecule has 0 bridgehead atoms. The number of benzene rings is 2. The van der Waals surface area contributed by atoms with Crippen LogP contribution in [0.1, 0.15) is 12.0 Å². The van der Waals surface area contributed by atoms with Gasteiger partial charge in [-0.15, -0.1) is 0 Å². The number of anilines is 1. The van der Waals surface area contributed by atoms with Crippen molar-refractivity contribution in [2.45, 2.75) is 13.0 Å². The third-order valence-electron chi connectivity index (χ3n) is 3.96. The lowest BCUT2D eigenvalue weighted by atomic mass is 10.2. The van der Waals surface area contributed by atoms with Gasteiger partial charge in [-0.3, -0.25) is 4.79 Å². The van der Waals surface area contributed by atoms with Crippen molar-refractivity contribution >= 4 is 35.2 Å². The van der Waals surface area contributed by atoms with E-state index in [1.807, 2.05) is 0 Å². The van der Waals surface area contributed by atoms with Gasteiger partial charge in [0.1, 0.15) is 5.75 Å². The largest absolute Gasteiger partial charge is 0.489 e. The Bertz CT molecular complexity index is 982. The fourth-order valence-electron chi connectivity index (χ4n) is 2.65. The summed E-state index contributed by atoms with van der Waals surface area (Å²) in [7, 11) is 0. The predicted molar refractivity (Wildman–Crippen MR) is 109 cm³/mol. The van der Waals surface area contributed by atoms with Crippen molar-refractivity contribution in [3.63, 3.8) is 0 Å². The number of para-hydroxylation sites is 2. The molecular formula is C21H18ClF2NO6. The van der Waals surface area contributed by atoms with Gasteiger partial charge in [-0.2, -0.15) is 8.78 Å². The number of ether oxygens (including phenoxy) is 4. The highest BCUT2D eigenvalue weighted by atomic mass is 35.5. The Morgan fingerprint density at radius 3 is 2.77 bits per heavy atom. The molecule has 164 valence electrons. The van der Waals surface area contributed by atoms with Crippen LogP contribution >= 0.6 is 11.6 Å². The van der Waals surface area contributed by atoms with Crippen LogP contribution in [-0.4, -0.2) is 38.3 Å². The molecule has 10 heteroatoms. The molecule has 0 saturated carbocycles. The molecule has 0 radical (unpaired) electrons. The van der Waals surface area contributed by atoms with E-state index in [-0.39, 0.29) is 11.4 Å². The van der Waals surface area contributed by atoms with Crippen molar-refractivity contribution < 1.29 is 37.3 Å². The van der Waals surface area contributed by atoms with E-state index in [1.54, 1.807) is 12.1 Å². The van der Waals surface area contributed by atoms with Gasteiger partial charge in [0, 0.05) is 12.5 Å². The van der Waals surface area contributed by atoms with Crippen LogP contribution in [0.3, 0.4) is 0 Å². The molecule has 1 amide bonds. The first-order valence-corrected chi connectivity index (χ1v) is 9.58. The van der Waals surface area contributed by atoms with E-state index in [0.717, 1.165) is 12.5 Å². The van der Waals surface area contributed by atoms with E-state index >= 15 is 0 Å². The summed E-state index contributed by atoms with van der Waals surface area (Å²) in [5.41, 5.74) is 0.606. The molecule has 0 saturated heterocycles. The number of nitrogens with one attached hydrogen (secondary N) is 1. The smallest absolute Gasteiger partial charge is 0.387 e. The minimum atomic E-state index is -3.04. The number of hydrogen-bond acceptors (Lipinski definition) is 6. The lowest BCUT2D eigenvalue weighted by Crippen LogP contribution is -2.20. The molecule has 7 nitrogen and oxygen atoms in total. The summed E-state index contributed by atoms with van der Waals surface area (Å²) in [6.45, 7) is -2.68. The number of carbonyl (C=O) groups is 2. The van der Waals surface area contributed by atoms with Gasteiger partial charge >= 0.3 is 12.6 Å². The van der Waals surface area contributed by atoms with E-state index in [0.29, 0.717) is 35.3 Å². The van der Waals surface area contributed by atoms with Crippen molar-refractivity contribution in [1.29, 1.82) is 0 Å². The molecule has 1 N–H and O–H groups in total. The Morgan fingerprint density at radius 1 is 1.19 bits per heavy atom. The maximum absolute atomic E-state index is 12.4. The lowest BCUT2D eigenvalue weighted by molar-refractivity contribution is -0.142. The molecule has 0 fully saturated rings. The van der Waals surface area contributed by atoms with Gasteiger partial charge in [-0.25, -0.2) is 4.79 Å². The first-order chi connectivity index (χ1) is 14.9. The Hall–Kier alpha value is -3.33. The third-order valence-corrected chi connectivity index (χ3v) is 4.24. The van der Waals surface area contributed by atoms with Gasteiger partial charge in [0.05, 0.1) is 23.9 Å². The highest BCUT2D eigenvalue weighted by Crippen LogP contribution is 2.38. The Kier molecular flexibility index (Phi) is 7.66. The fraction of sp³-hybridized carbons (Fsp3) is 0.238.